The number of imidazole rings is 1. The van der Waals surface area contributed by atoms with E-state index in [-0.39, 0.29) is 13.1 Å². The topological polar surface area (TPSA) is 53.7 Å². The Kier molecular flexibility index (Phi) is 4.40. The third-order valence-corrected chi connectivity index (χ3v) is 4.65. The first-order valence-electron chi connectivity index (χ1n) is 8.54. The van der Waals surface area contributed by atoms with Crippen molar-refractivity contribution in [1.82, 2.24) is 19.5 Å². The van der Waals surface area contributed by atoms with Crippen LogP contribution >= 0.6 is 0 Å². The standard InChI is InChI=1S/C18H15F4N5O/c19-12-1-2-14(18(20,21)22)13(11-12)17(28)26-9-7-25(8-10-26)16-4-3-15-23-5-6-27(15)24-16/h1-6,11H,7-10H2. The highest BCUT2D eigenvalue weighted by molar-refractivity contribution is 5.96. The number of benzene rings is 1. The van der Waals surface area contributed by atoms with Gasteiger partial charge in [0.2, 0.25) is 0 Å². The maximum atomic E-state index is 13.5. The molecule has 1 saturated heterocycles. The first-order chi connectivity index (χ1) is 13.3. The van der Waals surface area contributed by atoms with Gasteiger partial charge in [0.1, 0.15) is 11.6 Å². The van der Waals surface area contributed by atoms with Crippen molar-refractivity contribution in [3.63, 3.8) is 0 Å². The smallest absolute Gasteiger partial charge is 0.352 e. The summed E-state index contributed by atoms with van der Waals surface area (Å²) in [6.07, 6.45) is -1.40. The van der Waals surface area contributed by atoms with Crippen LogP contribution in [-0.4, -0.2) is 51.6 Å². The lowest BCUT2D eigenvalue weighted by Crippen LogP contribution is -2.49. The Morgan fingerprint density at radius 2 is 1.79 bits per heavy atom. The molecule has 0 atom stereocenters. The minimum absolute atomic E-state index is 0.205. The predicted molar refractivity (Wildman–Crippen MR) is 92.5 cm³/mol. The highest BCUT2D eigenvalue weighted by Gasteiger charge is 2.37. The molecule has 4 rings (SSSR count). The molecule has 0 bridgehead atoms. The number of amides is 1. The predicted octanol–water partition coefficient (Wildman–Crippen LogP) is 2.85. The van der Waals surface area contributed by atoms with E-state index in [4.69, 9.17) is 0 Å². The second-order valence-corrected chi connectivity index (χ2v) is 6.39. The van der Waals surface area contributed by atoms with Gasteiger partial charge in [-0.05, 0) is 30.3 Å². The second kappa shape index (κ2) is 6.77. The van der Waals surface area contributed by atoms with Gasteiger partial charge < -0.3 is 9.80 Å². The molecular formula is C18H15F4N5O. The number of hydrogen-bond donors (Lipinski definition) is 0. The van der Waals surface area contributed by atoms with Crippen LogP contribution in [0.4, 0.5) is 23.4 Å². The Morgan fingerprint density at radius 1 is 1.04 bits per heavy atom. The average Bonchev–Trinajstić information content (AvgIpc) is 3.14. The van der Waals surface area contributed by atoms with Crippen molar-refractivity contribution in [3.8, 4) is 0 Å². The molecule has 0 N–H and O–H groups in total. The van der Waals surface area contributed by atoms with Gasteiger partial charge in [-0.15, -0.1) is 5.10 Å². The molecule has 3 aromatic rings. The molecule has 146 valence electrons. The van der Waals surface area contributed by atoms with Gasteiger partial charge in [0, 0.05) is 38.6 Å². The van der Waals surface area contributed by atoms with E-state index in [1.807, 2.05) is 11.0 Å². The zero-order valence-electron chi connectivity index (χ0n) is 14.5. The molecule has 10 heteroatoms. The fraction of sp³-hybridized carbons (Fsp3) is 0.278. The largest absolute Gasteiger partial charge is 0.417 e. The average molecular weight is 393 g/mol. The minimum Gasteiger partial charge on any atom is -0.352 e. The van der Waals surface area contributed by atoms with E-state index in [0.717, 1.165) is 0 Å². The zero-order chi connectivity index (χ0) is 19.9. The van der Waals surface area contributed by atoms with E-state index in [1.54, 1.807) is 23.0 Å². The van der Waals surface area contributed by atoms with Gasteiger partial charge in [-0.2, -0.15) is 13.2 Å². The third kappa shape index (κ3) is 3.37. The quantitative estimate of drug-likeness (QED) is 0.629. The van der Waals surface area contributed by atoms with E-state index < -0.39 is 29.0 Å². The molecule has 2 aromatic heterocycles. The molecule has 1 fully saturated rings. The van der Waals surface area contributed by atoms with Crippen molar-refractivity contribution in [3.05, 3.63) is 59.7 Å². The van der Waals surface area contributed by atoms with E-state index in [0.29, 0.717) is 42.8 Å². The van der Waals surface area contributed by atoms with Crippen molar-refractivity contribution >= 4 is 17.4 Å². The monoisotopic (exact) mass is 393 g/mol. The number of hydrogen-bond acceptors (Lipinski definition) is 4. The number of nitrogens with zero attached hydrogens (tertiary/aromatic N) is 5. The van der Waals surface area contributed by atoms with Gasteiger partial charge in [0.05, 0.1) is 11.1 Å². The fourth-order valence-corrected chi connectivity index (χ4v) is 3.22. The molecule has 3 heterocycles. The molecule has 1 aliphatic heterocycles. The second-order valence-electron chi connectivity index (χ2n) is 6.39. The first-order valence-corrected chi connectivity index (χ1v) is 8.54. The maximum absolute atomic E-state index is 13.5. The molecule has 0 radical (unpaired) electrons. The number of halogens is 4. The molecule has 1 aliphatic rings. The zero-order valence-corrected chi connectivity index (χ0v) is 14.5. The lowest BCUT2D eigenvalue weighted by molar-refractivity contribution is -0.138. The SMILES string of the molecule is O=C(c1cc(F)ccc1C(F)(F)F)N1CCN(c2ccc3nccn3n2)CC1. The number of piperazine rings is 1. The van der Waals surface area contributed by atoms with Crippen LogP contribution in [0.3, 0.4) is 0 Å². The van der Waals surface area contributed by atoms with Crippen molar-refractivity contribution < 1.29 is 22.4 Å². The normalized spacial score (nSPS) is 15.3. The summed E-state index contributed by atoms with van der Waals surface area (Å²) in [6.45, 7) is 1.21. The summed E-state index contributed by atoms with van der Waals surface area (Å²) in [4.78, 5) is 20.0. The number of carbonyl (C=O) groups excluding carboxylic acids is 1. The minimum atomic E-state index is -4.73. The molecule has 0 aliphatic carbocycles. The maximum Gasteiger partial charge on any atom is 0.417 e. The van der Waals surface area contributed by atoms with Gasteiger partial charge in [0.15, 0.2) is 5.65 Å². The van der Waals surface area contributed by atoms with Gasteiger partial charge in [-0.3, -0.25) is 4.79 Å². The summed E-state index contributed by atoms with van der Waals surface area (Å²) in [5.74, 6) is -1.03. The van der Waals surface area contributed by atoms with Crippen LogP contribution in [-0.2, 0) is 6.18 Å². The summed E-state index contributed by atoms with van der Waals surface area (Å²) < 4.78 is 54.6. The highest BCUT2D eigenvalue weighted by Crippen LogP contribution is 2.33. The van der Waals surface area contributed by atoms with Gasteiger partial charge in [-0.1, -0.05) is 0 Å². The molecule has 0 spiro atoms. The molecule has 0 unspecified atom stereocenters. The molecule has 1 aromatic carbocycles. The molecule has 1 amide bonds. The van der Waals surface area contributed by atoms with Crippen molar-refractivity contribution in [2.45, 2.75) is 6.18 Å². The molecule has 6 nitrogen and oxygen atoms in total. The Bertz CT molecular complexity index is 1020. The van der Waals surface area contributed by atoms with Crippen LogP contribution in [0.5, 0.6) is 0 Å². The fourth-order valence-electron chi connectivity index (χ4n) is 3.22. The van der Waals surface area contributed by atoms with Gasteiger partial charge in [-0.25, -0.2) is 13.9 Å². The Hall–Kier alpha value is -3.17. The van der Waals surface area contributed by atoms with E-state index >= 15 is 0 Å². The Balaban J connectivity index is 1.51. The number of alkyl halides is 3. The Morgan fingerprint density at radius 3 is 2.50 bits per heavy atom. The summed E-state index contributed by atoms with van der Waals surface area (Å²) in [7, 11) is 0. The summed E-state index contributed by atoms with van der Waals surface area (Å²) >= 11 is 0. The third-order valence-electron chi connectivity index (χ3n) is 4.65. The van der Waals surface area contributed by atoms with Crippen LogP contribution in [0.15, 0.2) is 42.7 Å². The number of rotatable bonds is 2. The summed E-state index contributed by atoms with van der Waals surface area (Å²) in [5, 5.41) is 4.42. The lowest BCUT2D eigenvalue weighted by atomic mass is 10.0. The van der Waals surface area contributed by atoms with Crippen molar-refractivity contribution in [2.75, 3.05) is 31.1 Å². The Labute approximate surface area is 157 Å². The van der Waals surface area contributed by atoms with Crippen LogP contribution in [0.25, 0.3) is 5.65 Å². The lowest BCUT2D eigenvalue weighted by Gasteiger charge is -2.35. The van der Waals surface area contributed by atoms with Crippen molar-refractivity contribution in [2.24, 2.45) is 0 Å². The van der Waals surface area contributed by atoms with E-state index in [2.05, 4.69) is 10.1 Å². The van der Waals surface area contributed by atoms with E-state index in [9.17, 15) is 22.4 Å². The number of aromatic nitrogens is 3. The molecule has 28 heavy (non-hydrogen) atoms. The van der Waals surface area contributed by atoms with Crippen LogP contribution < -0.4 is 4.90 Å². The number of anilines is 1. The number of carbonyl (C=O) groups is 1. The number of fused-ring (bicyclic) bond motifs is 1. The highest BCUT2D eigenvalue weighted by atomic mass is 19.4. The van der Waals surface area contributed by atoms with Crippen LogP contribution in [0, 0.1) is 5.82 Å². The summed E-state index contributed by atoms with van der Waals surface area (Å²) in [6, 6.07) is 5.56. The van der Waals surface area contributed by atoms with Gasteiger partial charge >= 0.3 is 6.18 Å². The molecular weight excluding hydrogens is 378 g/mol. The summed E-state index contributed by atoms with van der Waals surface area (Å²) in [5.41, 5.74) is -1.10. The van der Waals surface area contributed by atoms with E-state index in [1.165, 1.54) is 4.90 Å². The van der Waals surface area contributed by atoms with Crippen LogP contribution in [0.1, 0.15) is 15.9 Å². The first kappa shape index (κ1) is 18.2. The molecule has 0 saturated carbocycles. The van der Waals surface area contributed by atoms with Gasteiger partial charge in [0.25, 0.3) is 5.91 Å². The van der Waals surface area contributed by atoms with Crippen molar-refractivity contribution in [1.29, 1.82) is 0 Å². The van der Waals surface area contributed by atoms with Crippen LogP contribution in [0.2, 0.25) is 0 Å².